The Morgan fingerprint density at radius 1 is 0.667 bits per heavy atom. The Kier molecular flexibility index (Phi) is 5.43. The SMILES string of the molecule is C(#Cc1ccccc1)/C(=C\C=C\c1ccccc1)c1ccccc1. The number of rotatable bonds is 3. The fourth-order valence-corrected chi connectivity index (χ4v) is 2.31. The molecular weight excluding hydrogens is 288 g/mol. The fourth-order valence-electron chi connectivity index (χ4n) is 2.31. The van der Waals surface area contributed by atoms with Gasteiger partial charge in [-0.05, 0) is 29.3 Å². The van der Waals surface area contributed by atoms with E-state index in [2.05, 4.69) is 54.3 Å². The zero-order valence-electron chi connectivity index (χ0n) is 13.4. The Bertz CT molecular complexity index is 874. The van der Waals surface area contributed by atoms with Crippen LogP contribution in [0, 0.1) is 11.8 Å². The summed E-state index contributed by atoms with van der Waals surface area (Å²) in [5, 5.41) is 0. The highest BCUT2D eigenvalue weighted by Crippen LogP contribution is 2.14. The summed E-state index contributed by atoms with van der Waals surface area (Å²) < 4.78 is 0. The molecule has 0 amide bonds. The van der Waals surface area contributed by atoms with Gasteiger partial charge in [-0.25, -0.2) is 0 Å². The van der Waals surface area contributed by atoms with E-state index in [-0.39, 0.29) is 0 Å². The van der Waals surface area contributed by atoms with E-state index in [1.165, 1.54) is 5.56 Å². The Morgan fingerprint density at radius 3 is 1.92 bits per heavy atom. The lowest BCUT2D eigenvalue weighted by Crippen LogP contribution is -1.81. The van der Waals surface area contributed by atoms with Crippen LogP contribution in [0.1, 0.15) is 16.7 Å². The van der Waals surface area contributed by atoms with Crippen molar-refractivity contribution in [3.05, 3.63) is 120 Å². The van der Waals surface area contributed by atoms with Crippen molar-refractivity contribution < 1.29 is 0 Å². The second-order valence-corrected chi connectivity index (χ2v) is 5.33. The Balaban J connectivity index is 1.90. The summed E-state index contributed by atoms with van der Waals surface area (Å²) in [7, 11) is 0. The lowest BCUT2D eigenvalue weighted by molar-refractivity contribution is 1.62. The van der Waals surface area contributed by atoms with Crippen LogP contribution in [0.2, 0.25) is 0 Å². The molecule has 114 valence electrons. The van der Waals surface area contributed by atoms with Crippen LogP contribution in [0.25, 0.3) is 11.6 Å². The molecule has 0 atom stereocenters. The summed E-state index contributed by atoms with van der Waals surface area (Å²) in [6, 6.07) is 30.6. The molecular formula is C24H18. The molecule has 0 heterocycles. The summed E-state index contributed by atoms with van der Waals surface area (Å²) in [4.78, 5) is 0. The minimum Gasteiger partial charge on any atom is -0.0622 e. The van der Waals surface area contributed by atoms with Gasteiger partial charge in [0.1, 0.15) is 0 Å². The van der Waals surface area contributed by atoms with Crippen LogP contribution < -0.4 is 0 Å². The van der Waals surface area contributed by atoms with E-state index in [1.807, 2.05) is 66.7 Å². The molecule has 0 aliphatic heterocycles. The van der Waals surface area contributed by atoms with Crippen molar-refractivity contribution in [3.8, 4) is 11.8 Å². The lowest BCUT2D eigenvalue weighted by Gasteiger charge is -1.99. The van der Waals surface area contributed by atoms with Gasteiger partial charge in [0.05, 0.1) is 0 Å². The number of benzene rings is 3. The first-order valence-corrected chi connectivity index (χ1v) is 7.98. The summed E-state index contributed by atoms with van der Waals surface area (Å²) in [6.07, 6.45) is 6.21. The van der Waals surface area contributed by atoms with Crippen molar-refractivity contribution in [1.82, 2.24) is 0 Å². The van der Waals surface area contributed by atoms with Crippen molar-refractivity contribution in [2.45, 2.75) is 0 Å². The van der Waals surface area contributed by atoms with E-state index in [0.29, 0.717) is 0 Å². The third-order valence-corrected chi connectivity index (χ3v) is 3.55. The van der Waals surface area contributed by atoms with Gasteiger partial charge >= 0.3 is 0 Å². The normalized spacial score (nSPS) is 11.1. The minimum atomic E-state index is 1.01. The third-order valence-electron chi connectivity index (χ3n) is 3.55. The molecule has 3 rings (SSSR count). The number of allylic oxidation sites excluding steroid dienone is 3. The largest absolute Gasteiger partial charge is 0.0622 e. The molecule has 0 bridgehead atoms. The van der Waals surface area contributed by atoms with Crippen molar-refractivity contribution in [1.29, 1.82) is 0 Å². The first-order valence-electron chi connectivity index (χ1n) is 7.98. The summed E-state index contributed by atoms with van der Waals surface area (Å²) in [5.41, 5.74) is 4.33. The van der Waals surface area contributed by atoms with Crippen molar-refractivity contribution in [2.24, 2.45) is 0 Å². The topological polar surface area (TPSA) is 0 Å². The van der Waals surface area contributed by atoms with Gasteiger partial charge in [-0.15, -0.1) is 0 Å². The average molecular weight is 306 g/mol. The molecule has 0 fully saturated rings. The summed E-state index contributed by atoms with van der Waals surface area (Å²) >= 11 is 0. The molecule has 0 saturated carbocycles. The molecule has 0 saturated heterocycles. The van der Waals surface area contributed by atoms with Crippen LogP contribution in [-0.2, 0) is 0 Å². The maximum atomic E-state index is 3.30. The zero-order valence-corrected chi connectivity index (χ0v) is 13.4. The van der Waals surface area contributed by atoms with Crippen LogP contribution in [0.5, 0.6) is 0 Å². The molecule has 3 aromatic rings. The van der Waals surface area contributed by atoms with E-state index in [1.54, 1.807) is 0 Å². The molecule has 3 aromatic carbocycles. The van der Waals surface area contributed by atoms with Gasteiger partial charge in [-0.1, -0.05) is 103 Å². The quantitative estimate of drug-likeness (QED) is 0.421. The van der Waals surface area contributed by atoms with E-state index >= 15 is 0 Å². The molecule has 24 heavy (non-hydrogen) atoms. The zero-order chi connectivity index (χ0) is 16.5. The lowest BCUT2D eigenvalue weighted by atomic mass is 10.0. The Hall–Kier alpha value is -3.30. The minimum absolute atomic E-state index is 1.01. The van der Waals surface area contributed by atoms with Crippen molar-refractivity contribution in [2.75, 3.05) is 0 Å². The average Bonchev–Trinajstić information content (AvgIpc) is 2.67. The van der Waals surface area contributed by atoms with Gasteiger partial charge in [0.2, 0.25) is 0 Å². The highest BCUT2D eigenvalue weighted by atomic mass is 14.0. The van der Waals surface area contributed by atoms with Crippen molar-refractivity contribution in [3.63, 3.8) is 0 Å². The van der Waals surface area contributed by atoms with E-state index in [9.17, 15) is 0 Å². The van der Waals surface area contributed by atoms with Crippen LogP contribution >= 0.6 is 0 Å². The molecule has 0 N–H and O–H groups in total. The van der Waals surface area contributed by atoms with E-state index in [0.717, 1.165) is 16.7 Å². The van der Waals surface area contributed by atoms with Gasteiger partial charge in [0.15, 0.2) is 0 Å². The maximum Gasteiger partial charge on any atom is 0.0321 e. The van der Waals surface area contributed by atoms with Gasteiger partial charge < -0.3 is 0 Å². The summed E-state index contributed by atoms with van der Waals surface area (Å²) in [5.74, 6) is 6.54. The van der Waals surface area contributed by atoms with Crippen LogP contribution in [0.15, 0.2) is 103 Å². The number of hydrogen-bond donors (Lipinski definition) is 0. The molecule has 0 radical (unpaired) electrons. The van der Waals surface area contributed by atoms with Crippen molar-refractivity contribution >= 4 is 11.6 Å². The smallest absolute Gasteiger partial charge is 0.0321 e. The number of hydrogen-bond acceptors (Lipinski definition) is 0. The highest BCUT2D eigenvalue weighted by Gasteiger charge is 1.95. The van der Waals surface area contributed by atoms with E-state index < -0.39 is 0 Å². The molecule has 0 aliphatic carbocycles. The van der Waals surface area contributed by atoms with Crippen LogP contribution in [0.3, 0.4) is 0 Å². The first-order chi connectivity index (χ1) is 11.9. The maximum absolute atomic E-state index is 3.30. The molecule has 0 spiro atoms. The summed E-state index contributed by atoms with van der Waals surface area (Å²) in [6.45, 7) is 0. The van der Waals surface area contributed by atoms with Crippen LogP contribution in [0.4, 0.5) is 0 Å². The molecule has 0 nitrogen and oxygen atoms in total. The van der Waals surface area contributed by atoms with Gasteiger partial charge in [0.25, 0.3) is 0 Å². The molecule has 0 aliphatic rings. The molecule has 0 heteroatoms. The predicted molar refractivity (Wildman–Crippen MR) is 103 cm³/mol. The molecule has 0 unspecified atom stereocenters. The monoisotopic (exact) mass is 306 g/mol. The highest BCUT2D eigenvalue weighted by molar-refractivity contribution is 5.81. The fraction of sp³-hybridized carbons (Fsp3) is 0. The standard InChI is InChI=1S/C24H18/c1-4-11-21(12-5-1)15-10-18-24(23-16-8-3-9-17-23)20-19-22-13-6-2-7-14-22/h1-18H/b15-10+,24-18+. The Labute approximate surface area is 143 Å². The Morgan fingerprint density at radius 2 is 1.25 bits per heavy atom. The van der Waals surface area contributed by atoms with Gasteiger partial charge in [0, 0.05) is 11.1 Å². The third kappa shape index (κ3) is 4.60. The van der Waals surface area contributed by atoms with Gasteiger partial charge in [-0.3, -0.25) is 0 Å². The molecule has 0 aromatic heterocycles. The first kappa shape index (κ1) is 15.6. The van der Waals surface area contributed by atoms with Gasteiger partial charge in [-0.2, -0.15) is 0 Å². The van der Waals surface area contributed by atoms with E-state index in [4.69, 9.17) is 0 Å². The second kappa shape index (κ2) is 8.36. The van der Waals surface area contributed by atoms with Crippen LogP contribution in [-0.4, -0.2) is 0 Å². The predicted octanol–water partition coefficient (Wildman–Crippen LogP) is 5.84. The second-order valence-electron chi connectivity index (χ2n) is 5.33.